The molecule has 2 aliphatic rings. The Morgan fingerprint density at radius 3 is 3.05 bits per heavy atom. The highest BCUT2D eigenvalue weighted by Gasteiger charge is 2.48. The van der Waals surface area contributed by atoms with Gasteiger partial charge in [-0.3, -0.25) is 9.59 Å². The Morgan fingerprint density at radius 2 is 2.37 bits per heavy atom. The zero-order chi connectivity index (χ0) is 13.4. The standard InChI is InChI=1S/C11H14N4O3S/c16-4-3-14-8-1-2-15(9(8)5-10(14)17)11(18)7-6-19-13-12-7/h6,8-9,16H,1-5H2/t8-,9-/m0/s1. The minimum Gasteiger partial charge on any atom is -0.395 e. The lowest BCUT2D eigenvalue weighted by Gasteiger charge is -2.24. The van der Waals surface area contributed by atoms with Crippen molar-refractivity contribution in [1.29, 1.82) is 0 Å². The van der Waals surface area contributed by atoms with Crippen molar-refractivity contribution in [2.45, 2.75) is 24.9 Å². The predicted octanol–water partition coefficient (Wildman–Crippen LogP) is -0.654. The molecule has 0 aliphatic carbocycles. The number of β-amino-alcohol motifs (C(OH)–C–C–N with tert-alkyl or cyclic N) is 1. The first-order valence-electron chi connectivity index (χ1n) is 6.20. The van der Waals surface area contributed by atoms with Crippen molar-refractivity contribution in [3.05, 3.63) is 11.1 Å². The fourth-order valence-corrected chi connectivity index (χ4v) is 3.41. The van der Waals surface area contributed by atoms with Crippen LogP contribution in [-0.4, -0.2) is 68.1 Å². The highest BCUT2D eigenvalue weighted by Crippen LogP contribution is 2.32. The monoisotopic (exact) mass is 282 g/mol. The van der Waals surface area contributed by atoms with Gasteiger partial charge in [-0.1, -0.05) is 4.49 Å². The summed E-state index contributed by atoms with van der Waals surface area (Å²) in [5, 5.41) is 14.4. The molecule has 8 heteroatoms. The Morgan fingerprint density at radius 1 is 1.53 bits per heavy atom. The molecule has 0 saturated carbocycles. The van der Waals surface area contributed by atoms with E-state index in [1.807, 2.05) is 0 Å². The Balaban J connectivity index is 1.77. The van der Waals surface area contributed by atoms with E-state index in [0.717, 1.165) is 18.0 Å². The summed E-state index contributed by atoms with van der Waals surface area (Å²) in [7, 11) is 0. The molecule has 2 saturated heterocycles. The van der Waals surface area contributed by atoms with Gasteiger partial charge in [-0.2, -0.15) is 0 Å². The number of aliphatic hydroxyl groups is 1. The third-order valence-corrected chi connectivity index (χ3v) is 4.30. The number of hydrogen-bond donors (Lipinski definition) is 1. The van der Waals surface area contributed by atoms with Crippen LogP contribution in [0.4, 0.5) is 0 Å². The predicted molar refractivity (Wildman–Crippen MR) is 66.6 cm³/mol. The molecule has 0 aromatic carbocycles. The van der Waals surface area contributed by atoms with Gasteiger partial charge in [0.2, 0.25) is 5.91 Å². The van der Waals surface area contributed by atoms with E-state index in [9.17, 15) is 9.59 Å². The lowest BCUT2D eigenvalue weighted by atomic mass is 10.1. The van der Waals surface area contributed by atoms with Gasteiger partial charge in [-0.05, 0) is 18.0 Å². The second-order valence-electron chi connectivity index (χ2n) is 4.73. The summed E-state index contributed by atoms with van der Waals surface area (Å²) in [5.41, 5.74) is 0.346. The van der Waals surface area contributed by atoms with Crippen molar-refractivity contribution in [3.63, 3.8) is 0 Å². The van der Waals surface area contributed by atoms with Gasteiger partial charge in [0.25, 0.3) is 5.91 Å². The first kappa shape index (κ1) is 12.5. The molecule has 0 radical (unpaired) electrons. The third-order valence-electron chi connectivity index (χ3n) is 3.80. The van der Waals surface area contributed by atoms with Crippen LogP contribution < -0.4 is 0 Å². The second kappa shape index (κ2) is 4.86. The zero-order valence-corrected chi connectivity index (χ0v) is 11.0. The molecular weight excluding hydrogens is 268 g/mol. The van der Waals surface area contributed by atoms with Crippen LogP contribution in [0.2, 0.25) is 0 Å². The van der Waals surface area contributed by atoms with Crippen molar-refractivity contribution in [2.24, 2.45) is 0 Å². The summed E-state index contributed by atoms with van der Waals surface area (Å²) in [6.45, 7) is 0.931. The largest absolute Gasteiger partial charge is 0.395 e. The average molecular weight is 282 g/mol. The van der Waals surface area contributed by atoms with Crippen LogP contribution in [-0.2, 0) is 4.79 Å². The molecule has 19 heavy (non-hydrogen) atoms. The topological polar surface area (TPSA) is 86.6 Å². The Bertz CT molecular complexity index is 492. The molecule has 2 aliphatic heterocycles. The number of likely N-dealkylation sites (tertiary alicyclic amines) is 2. The zero-order valence-electron chi connectivity index (χ0n) is 10.2. The molecule has 3 heterocycles. The van der Waals surface area contributed by atoms with Gasteiger partial charge in [-0.15, -0.1) is 5.10 Å². The van der Waals surface area contributed by atoms with Gasteiger partial charge in [-0.25, -0.2) is 0 Å². The van der Waals surface area contributed by atoms with Crippen LogP contribution in [0.15, 0.2) is 5.38 Å². The van der Waals surface area contributed by atoms with Gasteiger partial charge < -0.3 is 14.9 Å². The number of fused-ring (bicyclic) bond motifs is 1. The van der Waals surface area contributed by atoms with Crippen LogP contribution >= 0.6 is 11.5 Å². The van der Waals surface area contributed by atoms with E-state index in [2.05, 4.69) is 9.59 Å². The Hall–Kier alpha value is -1.54. The van der Waals surface area contributed by atoms with Gasteiger partial charge in [0.15, 0.2) is 5.69 Å². The molecule has 1 aromatic heterocycles. The quantitative estimate of drug-likeness (QED) is 0.796. The molecular formula is C11H14N4O3S. The average Bonchev–Trinajstić information content (AvgIpc) is 3.08. The summed E-state index contributed by atoms with van der Waals surface area (Å²) in [6.07, 6.45) is 1.10. The lowest BCUT2D eigenvalue weighted by Crippen LogP contribution is -2.40. The smallest absolute Gasteiger partial charge is 0.275 e. The molecule has 102 valence electrons. The molecule has 1 aromatic rings. The molecule has 0 spiro atoms. The Labute approximate surface area is 114 Å². The second-order valence-corrected chi connectivity index (χ2v) is 5.34. The Kier molecular flexibility index (Phi) is 3.19. The van der Waals surface area contributed by atoms with E-state index in [1.165, 1.54) is 0 Å². The van der Waals surface area contributed by atoms with Crippen LogP contribution in [0.1, 0.15) is 23.3 Å². The molecule has 0 bridgehead atoms. The normalized spacial score (nSPS) is 26.1. The van der Waals surface area contributed by atoms with E-state index in [4.69, 9.17) is 5.11 Å². The molecule has 3 rings (SSSR count). The van der Waals surface area contributed by atoms with Crippen LogP contribution in [0.25, 0.3) is 0 Å². The minimum absolute atomic E-state index is 0.0120. The number of carbonyl (C=O) groups excluding carboxylic acids is 2. The number of carbonyl (C=O) groups is 2. The van der Waals surface area contributed by atoms with Gasteiger partial charge in [0.1, 0.15) is 0 Å². The minimum atomic E-state index is -0.153. The summed E-state index contributed by atoms with van der Waals surface area (Å²) in [6, 6.07) is -0.0524. The summed E-state index contributed by atoms with van der Waals surface area (Å²) >= 11 is 1.14. The van der Waals surface area contributed by atoms with Crippen LogP contribution in [0, 0.1) is 0 Å². The third kappa shape index (κ3) is 2.00. The first-order valence-corrected chi connectivity index (χ1v) is 7.04. The van der Waals surface area contributed by atoms with Crippen LogP contribution in [0.3, 0.4) is 0 Å². The molecule has 2 atom stereocenters. The number of nitrogens with zero attached hydrogens (tertiary/aromatic N) is 4. The number of rotatable bonds is 3. The maximum atomic E-state index is 12.3. The fourth-order valence-electron chi connectivity index (χ4n) is 2.98. The van der Waals surface area contributed by atoms with Gasteiger partial charge in [0.05, 0.1) is 18.7 Å². The highest BCUT2D eigenvalue weighted by molar-refractivity contribution is 7.03. The van der Waals surface area contributed by atoms with Crippen molar-refractivity contribution >= 4 is 23.3 Å². The van der Waals surface area contributed by atoms with E-state index in [1.54, 1.807) is 15.2 Å². The van der Waals surface area contributed by atoms with Crippen molar-refractivity contribution in [1.82, 2.24) is 19.4 Å². The molecule has 2 amide bonds. The van der Waals surface area contributed by atoms with E-state index < -0.39 is 0 Å². The molecule has 0 unspecified atom stereocenters. The molecule has 1 N–H and O–H groups in total. The summed E-state index contributed by atoms with van der Waals surface area (Å²) < 4.78 is 3.69. The maximum Gasteiger partial charge on any atom is 0.275 e. The number of amides is 2. The summed E-state index contributed by atoms with van der Waals surface area (Å²) in [5.74, 6) is -0.141. The molecule has 2 fully saturated rings. The number of hydrogen-bond acceptors (Lipinski definition) is 6. The molecule has 7 nitrogen and oxygen atoms in total. The van der Waals surface area contributed by atoms with Gasteiger partial charge >= 0.3 is 0 Å². The van der Waals surface area contributed by atoms with Crippen molar-refractivity contribution in [3.8, 4) is 0 Å². The van der Waals surface area contributed by atoms with E-state index in [0.29, 0.717) is 25.2 Å². The van der Waals surface area contributed by atoms with Crippen LogP contribution in [0.5, 0.6) is 0 Å². The van der Waals surface area contributed by atoms with Crippen molar-refractivity contribution in [2.75, 3.05) is 19.7 Å². The maximum absolute atomic E-state index is 12.3. The first-order chi connectivity index (χ1) is 9.22. The van der Waals surface area contributed by atoms with E-state index in [-0.39, 0.29) is 30.5 Å². The van der Waals surface area contributed by atoms with E-state index >= 15 is 0 Å². The fraction of sp³-hybridized carbons (Fsp3) is 0.636. The summed E-state index contributed by atoms with van der Waals surface area (Å²) in [4.78, 5) is 27.6. The van der Waals surface area contributed by atoms with Crippen molar-refractivity contribution < 1.29 is 14.7 Å². The number of aliphatic hydroxyl groups excluding tert-OH is 1. The lowest BCUT2D eigenvalue weighted by molar-refractivity contribution is -0.129. The highest BCUT2D eigenvalue weighted by atomic mass is 32.1. The number of aromatic nitrogens is 2. The van der Waals surface area contributed by atoms with Gasteiger partial charge in [0, 0.05) is 24.9 Å². The SMILES string of the molecule is O=C1C[C@H]2[C@H](CCN2C(=O)c2csnn2)N1CCO.